The van der Waals surface area contributed by atoms with Crippen molar-refractivity contribution in [1.29, 1.82) is 0 Å². The van der Waals surface area contributed by atoms with Gasteiger partial charge < -0.3 is 19.8 Å². The van der Waals surface area contributed by atoms with Crippen molar-refractivity contribution in [1.82, 2.24) is 10.3 Å². The summed E-state index contributed by atoms with van der Waals surface area (Å²) in [5.74, 6) is 1.20. The molecule has 0 aromatic carbocycles. The Morgan fingerprint density at radius 2 is 2.15 bits per heavy atom. The molecule has 5 heteroatoms. The Balaban J connectivity index is 2.08. The first kappa shape index (κ1) is 14.4. The molecule has 0 saturated carbocycles. The average molecular weight is 276 g/mol. The van der Waals surface area contributed by atoms with Gasteiger partial charge in [-0.15, -0.1) is 0 Å². The molecule has 0 aliphatic rings. The second-order valence-corrected chi connectivity index (χ2v) is 5.30. The van der Waals surface area contributed by atoms with Crippen LogP contribution < -0.4 is 5.32 Å². The molecule has 0 spiro atoms. The summed E-state index contributed by atoms with van der Waals surface area (Å²) in [6.45, 7) is 7.24. The summed E-state index contributed by atoms with van der Waals surface area (Å²) in [7, 11) is 0. The van der Waals surface area contributed by atoms with Crippen molar-refractivity contribution in [3.8, 4) is 0 Å². The fraction of sp³-hybridized carbons (Fsp3) is 0.400. The lowest BCUT2D eigenvalue weighted by molar-refractivity contribution is 0.0514. The molecule has 2 aromatic rings. The Labute approximate surface area is 118 Å². The van der Waals surface area contributed by atoms with Gasteiger partial charge in [0.1, 0.15) is 17.1 Å². The third-order valence-corrected chi connectivity index (χ3v) is 3.41. The van der Waals surface area contributed by atoms with E-state index in [0.717, 1.165) is 11.5 Å². The molecular weight excluding hydrogens is 256 g/mol. The van der Waals surface area contributed by atoms with Crippen LogP contribution in [0.15, 0.2) is 22.7 Å². The second-order valence-electron chi connectivity index (χ2n) is 5.30. The summed E-state index contributed by atoms with van der Waals surface area (Å²) in [5, 5.41) is 13.3. The number of aromatic nitrogens is 1. The normalized spacial score (nSPS) is 14.1. The van der Waals surface area contributed by atoms with E-state index in [4.69, 9.17) is 4.42 Å². The molecule has 0 fully saturated rings. The summed E-state index contributed by atoms with van der Waals surface area (Å²) in [6, 6.07) is 3.51. The van der Waals surface area contributed by atoms with Gasteiger partial charge in [-0.2, -0.15) is 0 Å². The number of aryl methyl sites for hydroxylation is 3. The van der Waals surface area contributed by atoms with E-state index in [1.54, 1.807) is 32.2 Å². The van der Waals surface area contributed by atoms with Gasteiger partial charge in [0.25, 0.3) is 5.91 Å². The van der Waals surface area contributed by atoms with Crippen molar-refractivity contribution in [3.05, 3.63) is 46.7 Å². The molecule has 108 valence electrons. The van der Waals surface area contributed by atoms with Gasteiger partial charge in [-0.3, -0.25) is 4.79 Å². The van der Waals surface area contributed by atoms with Crippen LogP contribution in [-0.4, -0.2) is 22.5 Å². The molecule has 1 atom stereocenters. The number of H-pyrrole nitrogens is 1. The number of nitrogens with one attached hydrogen (secondary N) is 2. The maximum Gasteiger partial charge on any atom is 0.253 e. The smallest absolute Gasteiger partial charge is 0.253 e. The van der Waals surface area contributed by atoms with Gasteiger partial charge in [0.05, 0.1) is 12.1 Å². The molecule has 0 bridgehead atoms. The van der Waals surface area contributed by atoms with Gasteiger partial charge in [0.15, 0.2) is 0 Å². The lowest BCUT2D eigenvalue weighted by Crippen LogP contribution is -2.38. The van der Waals surface area contributed by atoms with Crippen LogP contribution in [0.4, 0.5) is 0 Å². The Hall–Kier alpha value is -2.01. The fourth-order valence-corrected chi connectivity index (χ4v) is 2.31. The zero-order valence-electron chi connectivity index (χ0n) is 12.2. The third-order valence-electron chi connectivity index (χ3n) is 3.41. The maximum atomic E-state index is 12.0. The lowest BCUT2D eigenvalue weighted by Gasteiger charge is -2.23. The molecule has 3 N–H and O–H groups in total. The predicted octanol–water partition coefficient (Wildman–Crippen LogP) is 2.17. The first-order valence-electron chi connectivity index (χ1n) is 6.53. The lowest BCUT2D eigenvalue weighted by atomic mass is 9.96. The highest BCUT2D eigenvalue weighted by Crippen LogP contribution is 2.26. The van der Waals surface area contributed by atoms with E-state index >= 15 is 0 Å². The maximum absolute atomic E-state index is 12.0. The summed E-state index contributed by atoms with van der Waals surface area (Å²) in [5.41, 5.74) is 0.918. The fourth-order valence-electron chi connectivity index (χ4n) is 2.31. The molecule has 1 unspecified atom stereocenters. The first-order chi connectivity index (χ1) is 9.31. The number of amides is 1. The van der Waals surface area contributed by atoms with Gasteiger partial charge in [-0.05, 0) is 39.8 Å². The monoisotopic (exact) mass is 276 g/mol. The number of carbonyl (C=O) groups is 1. The molecule has 2 aromatic heterocycles. The molecule has 2 heterocycles. The highest BCUT2D eigenvalue weighted by Gasteiger charge is 2.28. The Morgan fingerprint density at radius 3 is 2.65 bits per heavy atom. The predicted molar refractivity (Wildman–Crippen MR) is 75.6 cm³/mol. The SMILES string of the molecule is Cc1cc(C(C)(O)CNC(=O)c2cc[nH]c2C)c(C)o1. The molecule has 2 rings (SSSR count). The van der Waals surface area contributed by atoms with Crippen LogP contribution in [0.5, 0.6) is 0 Å². The van der Waals surface area contributed by atoms with Crippen LogP contribution >= 0.6 is 0 Å². The standard InChI is InChI=1S/C15H20N2O3/c1-9-7-13(11(3)20-9)15(4,19)8-17-14(18)12-5-6-16-10(12)2/h5-7,16,19H,8H2,1-4H3,(H,17,18). The van der Waals surface area contributed by atoms with E-state index in [9.17, 15) is 9.90 Å². The molecule has 0 aliphatic carbocycles. The van der Waals surface area contributed by atoms with Crippen molar-refractivity contribution >= 4 is 5.91 Å². The van der Waals surface area contributed by atoms with Crippen LogP contribution in [-0.2, 0) is 5.60 Å². The number of furan rings is 1. The first-order valence-corrected chi connectivity index (χ1v) is 6.53. The Morgan fingerprint density at radius 1 is 1.45 bits per heavy atom. The highest BCUT2D eigenvalue weighted by atomic mass is 16.3. The van der Waals surface area contributed by atoms with Crippen LogP contribution in [0.25, 0.3) is 0 Å². The number of carbonyl (C=O) groups excluding carboxylic acids is 1. The van der Waals surface area contributed by atoms with Crippen LogP contribution in [0, 0.1) is 20.8 Å². The molecule has 0 aliphatic heterocycles. The summed E-state index contributed by atoms with van der Waals surface area (Å²) >= 11 is 0. The molecule has 1 amide bonds. The summed E-state index contributed by atoms with van der Waals surface area (Å²) in [4.78, 5) is 15.0. The van der Waals surface area contributed by atoms with Gasteiger partial charge in [-0.1, -0.05) is 0 Å². The van der Waals surface area contributed by atoms with E-state index in [1.807, 2.05) is 13.8 Å². The van der Waals surface area contributed by atoms with Crippen molar-refractivity contribution < 1.29 is 14.3 Å². The number of hydrogen-bond acceptors (Lipinski definition) is 3. The van der Waals surface area contributed by atoms with Gasteiger partial charge >= 0.3 is 0 Å². The second kappa shape index (κ2) is 5.17. The van der Waals surface area contributed by atoms with Gasteiger partial charge in [0, 0.05) is 17.5 Å². The van der Waals surface area contributed by atoms with E-state index in [1.165, 1.54) is 0 Å². The van der Waals surface area contributed by atoms with E-state index in [-0.39, 0.29) is 12.5 Å². The topological polar surface area (TPSA) is 78.3 Å². The third kappa shape index (κ3) is 2.77. The number of hydrogen-bond donors (Lipinski definition) is 3. The zero-order valence-corrected chi connectivity index (χ0v) is 12.2. The Bertz CT molecular complexity index is 623. The largest absolute Gasteiger partial charge is 0.466 e. The van der Waals surface area contributed by atoms with E-state index < -0.39 is 5.60 Å². The van der Waals surface area contributed by atoms with Crippen LogP contribution in [0.2, 0.25) is 0 Å². The molecule has 5 nitrogen and oxygen atoms in total. The Kier molecular flexibility index (Phi) is 3.72. The molecule has 20 heavy (non-hydrogen) atoms. The van der Waals surface area contributed by atoms with Crippen molar-refractivity contribution in [3.63, 3.8) is 0 Å². The molecule has 0 saturated heterocycles. The van der Waals surface area contributed by atoms with Crippen molar-refractivity contribution in [2.75, 3.05) is 6.54 Å². The molecular formula is C15H20N2O3. The highest BCUT2D eigenvalue weighted by molar-refractivity contribution is 5.95. The van der Waals surface area contributed by atoms with Crippen LogP contribution in [0.3, 0.4) is 0 Å². The van der Waals surface area contributed by atoms with Gasteiger partial charge in [-0.25, -0.2) is 0 Å². The zero-order chi connectivity index (χ0) is 14.9. The number of aliphatic hydroxyl groups is 1. The number of aromatic amines is 1. The van der Waals surface area contributed by atoms with Gasteiger partial charge in [0.2, 0.25) is 0 Å². The van der Waals surface area contributed by atoms with Crippen LogP contribution in [0.1, 0.15) is 40.1 Å². The van der Waals surface area contributed by atoms with E-state index in [2.05, 4.69) is 10.3 Å². The van der Waals surface area contributed by atoms with E-state index in [0.29, 0.717) is 16.9 Å². The molecule has 0 radical (unpaired) electrons. The minimum Gasteiger partial charge on any atom is -0.466 e. The average Bonchev–Trinajstić information content (AvgIpc) is 2.92. The van der Waals surface area contributed by atoms with Crippen molar-refractivity contribution in [2.24, 2.45) is 0 Å². The minimum absolute atomic E-state index is 0.121. The quantitative estimate of drug-likeness (QED) is 0.800. The summed E-state index contributed by atoms with van der Waals surface area (Å²) < 4.78 is 5.42. The minimum atomic E-state index is -1.16. The van der Waals surface area contributed by atoms with Crippen molar-refractivity contribution in [2.45, 2.75) is 33.3 Å². The summed E-state index contributed by atoms with van der Waals surface area (Å²) in [6.07, 6.45) is 1.71. The number of rotatable bonds is 4.